The monoisotopic (exact) mass is 571 g/mol. The highest BCUT2D eigenvalue weighted by Gasteiger charge is 2.39. The first-order chi connectivity index (χ1) is 19.0. The molecule has 12 heteroatoms. The van der Waals surface area contributed by atoms with Gasteiger partial charge in [-0.3, -0.25) is 4.79 Å². The lowest BCUT2D eigenvalue weighted by molar-refractivity contribution is -0.141. The fourth-order valence-corrected chi connectivity index (χ4v) is 5.72. The Morgan fingerprint density at radius 2 is 1.77 bits per heavy atom. The van der Waals surface area contributed by atoms with E-state index in [0.717, 1.165) is 28.3 Å². The van der Waals surface area contributed by atoms with Gasteiger partial charge in [0, 0.05) is 29.7 Å². The zero-order chi connectivity index (χ0) is 28.5. The number of alkyl halides is 3. The zero-order valence-corrected chi connectivity index (χ0v) is 22.1. The first kappa shape index (κ1) is 27.7. The van der Waals surface area contributed by atoms with Crippen LogP contribution in [-0.4, -0.2) is 26.0 Å². The fourth-order valence-electron chi connectivity index (χ4n) is 4.68. The molecule has 4 aromatic rings. The van der Waals surface area contributed by atoms with Crippen LogP contribution in [0.4, 0.5) is 34.9 Å². The fraction of sp³-hybridized carbons (Fsp3) is 0.286. The molecule has 2 aromatic heterocycles. The Labute approximate surface area is 231 Å². The van der Waals surface area contributed by atoms with Gasteiger partial charge in [0.2, 0.25) is 11.9 Å². The van der Waals surface area contributed by atoms with Crippen molar-refractivity contribution < 1.29 is 27.5 Å². The quantitative estimate of drug-likeness (QED) is 0.220. The van der Waals surface area contributed by atoms with Crippen molar-refractivity contribution in [2.45, 2.75) is 44.4 Å². The molecule has 0 bridgehead atoms. The minimum Gasteiger partial charge on any atom is -0.383 e. The summed E-state index contributed by atoms with van der Waals surface area (Å²) in [5.74, 6) is -1.01. The third kappa shape index (κ3) is 6.28. The van der Waals surface area contributed by atoms with Crippen LogP contribution in [0.3, 0.4) is 0 Å². The van der Waals surface area contributed by atoms with Crippen LogP contribution < -0.4 is 10.6 Å². The van der Waals surface area contributed by atoms with E-state index in [-0.39, 0.29) is 23.6 Å². The third-order valence-corrected chi connectivity index (χ3v) is 8.00. The molecule has 1 amide bonds. The summed E-state index contributed by atoms with van der Waals surface area (Å²) >= 11 is 1.33. The van der Waals surface area contributed by atoms with Gasteiger partial charge in [-0.25, -0.2) is 19.3 Å². The highest BCUT2D eigenvalue weighted by atomic mass is 32.1. The van der Waals surface area contributed by atoms with E-state index in [0.29, 0.717) is 42.1 Å². The second kappa shape index (κ2) is 10.9. The molecular formula is C28H25F4N5O2S. The van der Waals surface area contributed by atoms with Gasteiger partial charge in [-0.05, 0) is 86.2 Å². The Morgan fingerprint density at radius 1 is 1.05 bits per heavy atom. The van der Waals surface area contributed by atoms with Crippen LogP contribution in [0.1, 0.15) is 41.9 Å². The summed E-state index contributed by atoms with van der Waals surface area (Å²) in [4.78, 5) is 25.4. The van der Waals surface area contributed by atoms with Gasteiger partial charge < -0.3 is 15.7 Å². The van der Waals surface area contributed by atoms with E-state index in [2.05, 4.69) is 25.6 Å². The second-order valence-electron chi connectivity index (χ2n) is 9.81. The van der Waals surface area contributed by atoms with E-state index in [1.165, 1.54) is 35.6 Å². The molecule has 2 heterocycles. The van der Waals surface area contributed by atoms with Gasteiger partial charge in [0.1, 0.15) is 22.1 Å². The molecule has 1 aliphatic rings. The summed E-state index contributed by atoms with van der Waals surface area (Å²) in [7, 11) is 0. The Morgan fingerprint density at radius 3 is 2.48 bits per heavy atom. The number of aryl methyl sites for hydroxylation is 1. The maximum absolute atomic E-state index is 13.1. The molecular weight excluding hydrogens is 546 g/mol. The Balaban J connectivity index is 1.27. The van der Waals surface area contributed by atoms with Crippen molar-refractivity contribution in [1.82, 2.24) is 15.0 Å². The molecule has 1 aliphatic carbocycles. The van der Waals surface area contributed by atoms with Crippen LogP contribution in [-0.2, 0) is 16.6 Å². The van der Waals surface area contributed by atoms with Crippen molar-refractivity contribution in [2.24, 2.45) is 5.92 Å². The van der Waals surface area contributed by atoms with Gasteiger partial charge in [0.05, 0.1) is 4.88 Å². The molecule has 208 valence electrons. The minimum atomic E-state index is -4.58. The van der Waals surface area contributed by atoms with Gasteiger partial charge >= 0.3 is 6.18 Å². The van der Waals surface area contributed by atoms with E-state index in [4.69, 9.17) is 0 Å². The number of carbonyl (C=O) groups excluding carboxylic acids is 1. The summed E-state index contributed by atoms with van der Waals surface area (Å²) < 4.78 is 52.2. The summed E-state index contributed by atoms with van der Waals surface area (Å²) in [5.41, 5.74) is 0.439. The third-order valence-electron chi connectivity index (χ3n) is 6.76. The number of aliphatic hydroxyl groups is 1. The van der Waals surface area contributed by atoms with Crippen LogP contribution in [0.25, 0.3) is 10.4 Å². The predicted octanol–water partition coefficient (Wildman–Crippen LogP) is 6.83. The molecule has 7 nitrogen and oxygen atoms in total. The van der Waals surface area contributed by atoms with Gasteiger partial charge in [-0.2, -0.15) is 13.2 Å². The highest BCUT2D eigenvalue weighted by Crippen LogP contribution is 2.43. The molecule has 3 N–H and O–H groups in total. The van der Waals surface area contributed by atoms with Crippen LogP contribution in [0.15, 0.2) is 60.9 Å². The molecule has 0 atom stereocenters. The lowest BCUT2D eigenvalue weighted by Gasteiger charge is -2.33. The number of aromatic nitrogens is 3. The number of rotatable bonds is 6. The van der Waals surface area contributed by atoms with Crippen molar-refractivity contribution in [3.63, 3.8) is 0 Å². The van der Waals surface area contributed by atoms with E-state index < -0.39 is 17.5 Å². The highest BCUT2D eigenvalue weighted by molar-refractivity contribution is 7.15. The summed E-state index contributed by atoms with van der Waals surface area (Å²) in [5, 5.41) is 17.5. The van der Waals surface area contributed by atoms with Crippen molar-refractivity contribution in [3.8, 4) is 10.4 Å². The van der Waals surface area contributed by atoms with Crippen LogP contribution in [0, 0.1) is 18.7 Å². The number of halogens is 4. The number of benzene rings is 2. The van der Waals surface area contributed by atoms with Crippen LogP contribution in [0.2, 0.25) is 0 Å². The lowest BCUT2D eigenvalue weighted by Crippen LogP contribution is -2.35. The maximum atomic E-state index is 13.1. The van der Waals surface area contributed by atoms with Gasteiger partial charge in [-0.1, -0.05) is 6.07 Å². The van der Waals surface area contributed by atoms with E-state index in [9.17, 15) is 27.5 Å². The Bertz CT molecular complexity index is 1520. The summed E-state index contributed by atoms with van der Waals surface area (Å²) in [6, 6.07) is 11.8. The number of hydrogen-bond donors (Lipinski definition) is 3. The number of carbonyl (C=O) groups is 1. The number of anilines is 3. The normalized spacial score (nSPS) is 19.3. The predicted molar refractivity (Wildman–Crippen MR) is 143 cm³/mol. The number of nitrogens with one attached hydrogen (secondary N) is 2. The first-order valence-corrected chi connectivity index (χ1v) is 13.3. The number of thiazole rings is 1. The minimum absolute atomic E-state index is 0.168. The maximum Gasteiger partial charge on any atom is 0.433 e. The van der Waals surface area contributed by atoms with Crippen molar-refractivity contribution in [1.29, 1.82) is 0 Å². The molecule has 5 rings (SSSR count). The second-order valence-corrected chi connectivity index (χ2v) is 10.8. The average Bonchev–Trinajstić information content (AvgIpc) is 3.41. The standard InChI is InChI=1S/C28H25F4N5O2S/c1-16-12-18(14-21(13-16)36-26-33-11-8-23(37-26)28(30,31)32)22-15-34-25(40-22)27(39)9-6-17(7-10-27)24(38)35-20-4-2-19(29)3-5-20/h2-5,8,11-15,17,39H,6-7,9-10H2,1H3,(H,35,38)(H,33,36,37). The average molecular weight is 572 g/mol. The number of amides is 1. The summed E-state index contributed by atoms with van der Waals surface area (Å²) in [6.07, 6.45) is -0.232. The molecule has 2 aromatic carbocycles. The van der Waals surface area contributed by atoms with Gasteiger partial charge in [0.15, 0.2) is 0 Å². The molecule has 1 saturated carbocycles. The molecule has 40 heavy (non-hydrogen) atoms. The smallest absolute Gasteiger partial charge is 0.383 e. The van der Waals surface area contributed by atoms with Crippen LogP contribution in [0.5, 0.6) is 0 Å². The molecule has 1 fully saturated rings. The summed E-state index contributed by atoms with van der Waals surface area (Å²) in [6.45, 7) is 1.86. The molecule has 0 radical (unpaired) electrons. The number of hydrogen-bond acceptors (Lipinski definition) is 7. The molecule has 0 saturated heterocycles. The molecule has 0 aliphatic heterocycles. The SMILES string of the molecule is Cc1cc(Nc2nccc(C(F)(F)F)n2)cc(-c2cnc(C3(O)CCC(C(=O)Nc4ccc(F)cc4)CC3)s2)c1. The van der Waals surface area contributed by atoms with Crippen molar-refractivity contribution in [2.75, 3.05) is 10.6 Å². The van der Waals surface area contributed by atoms with E-state index in [1.807, 2.05) is 13.0 Å². The zero-order valence-electron chi connectivity index (χ0n) is 21.3. The van der Waals surface area contributed by atoms with Crippen molar-refractivity contribution in [3.05, 3.63) is 83.0 Å². The van der Waals surface area contributed by atoms with Crippen LogP contribution >= 0.6 is 11.3 Å². The topological polar surface area (TPSA) is 100 Å². The Kier molecular flexibility index (Phi) is 7.56. The van der Waals surface area contributed by atoms with Crippen molar-refractivity contribution >= 4 is 34.6 Å². The first-order valence-electron chi connectivity index (χ1n) is 12.5. The molecule has 0 unspecified atom stereocenters. The number of nitrogens with zero attached hydrogens (tertiary/aromatic N) is 3. The van der Waals surface area contributed by atoms with Gasteiger partial charge in [-0.15, -0.1) is 11.3 Å². The van der Waals surface area contributed by atoms with E-state index in [1.54, 1.807) is 18.3 Å². The van der Waals surface area contributed by atoms with E-state index >= 15 is 0 Å². The van der Waals surface area contributed by atoms with Gasteiger partial charge in [0.25, 0.3) is 0 Å². The lowest BCUT2D eigenvalue weighted by atomic mass is 9.78. The molecule has 0 spiro atoms. The Hall–Kier alpha value is -3.90. The largest absolute Gasteiger partial charge is 0.433 e.